The normalized spacial score (nSPS) is 17.6. The van der Waals surface area contributed by atoms with Crippen LogP contribution in [0.2, 0.25) is 0 Å². The number of thiazole rings is 1. The first kappa shape index (κ1) is 11.6. The maximum absolute atomic E-state index is 12.0. The van der Waals surface area contributed by atoms with Gasteiger partial charge in [-0.05, 0) is 0 Å². The van der Waals surface area contributed by atoms with Gasteiger partial charge in [0.05, 0.1) is 25.6 Å². The van der Waals surface area contributed by atoms with Crippen LogP contribution in [0.5, 0.6) is 5.19 Å². The van der Waals surface area contributed by atoms with Crippen LogP contribution in [-0.2, 0) is 10.0 Å². The number of aromatic amines is 1. The average molecular weight is 286 g/mol. The van der Waals surface area contributed by atoms with Crippen LogP contribution < -0.4 is 4.74 Å². The van der Waals surface area contributed by atoms with E-state index >= 15 is 0 Å². The molecule has 2 aromatic heterocycles. The molecule has 2 aromatic rings. The van der Waals surface area contributed by atoms with E-state index in [0.29, 0.717) is 18.3 Å². The number of nitrogens with one attached hydrogen (secondary N) is 1. The summed E-state index contributed by atoms with van der Waals surface area (Å²) in [5.74, 6) is 0. The first-order chi connectivity index (χ1) is 8.66. The van der Waals surface area contributed by atoms with Gasteiger partial charge in [0, 0.05) is 11.6 Å². The standard InChI is InChI=1S/C9H10N4O3S2/c14-18(15,8-3-10-6-12-8)13-4-7(5-13)16-9-11-1-2-17-9/h1-3,6-7H,4-5H2,(H,10,12). The average Bonchev–Trinajstić information content (AvgIpc) is 2.95. The van der Waals surface area contributed by atoms with Crippen molar-refractivity contribution in [2.45, 2.75) is 11.1 Å². The number of ether oxygens (including phenoxy) is 1. The number of nitrogens with zero attached hydrogens (tertiary/aromatic N) is 3. The van der Waals surface area contributed by atoms with Crippen LogP contribution in [0.15, 0.2) is 29.1 Å². The Balaban J connectivity index is 1.62. The minimum Gasteiger partial charge on any atom is -0.464 e. The van der Waals surface area contributed by atoms with Crippen molar-refractivity contribution in [2.75, 3.05) is 13.1 Å². The van der Waals surface area contributed by atoms with Crippen molar-refractivity contribution in [3.05, 3.63) is 24.1 Å². The molecule has 0 radical (unpaired) electrons. The summed E-state index contributed by atoms with van der Waals surface area (Å²) in [7, 11) is -3.45. The van der Waals surface area contributed by atoms with E-state index in [9.17, 15) is 8.42 Å². The highest BCUT2D eigenvalue weighted by atomic mass is 32.2. The Morgan fingerprint density at radius 1 is 1.50 bits per heavy atom. The lowest BCUT2D eigenvalue weighted by atomic mass is 10.2. The van der Waals surface area contributed by atoms with Crippen molar-refractivity contribution >= 4 is 21.4 Å². The summed E-state index contributed by atoms with van der Waals surface area (Å²) >= 11 is 1.39. The van der Waals surface area contributed by atoms with Gasteiger partial charge < -0.3 is 9.72 Å². The molecule has 0 bridgehead atoms. The van der Waals surface area contributed by atoms with Gasteiger partial charge in [-0.3, -0.25) is 0 Å². The largest absolute Gasteiger partial charge is 0.464 e. The van der Waals surface area contributed by atoms with Gasteiger partial charge in [0.25, 0.3) is 15.2 Å². The third kappa shape index (κ3) is 2.00. The van der Waals surface area contributed by atoms with E-state index in [4.69, 9.17) is 4.74 Å². The Morgan fingerprint density at radius 3 is 2.94 bits per heavy atom. The third-order valence-corrected chi connectivity index (χ3v) is 5.00. The molecule has 0 saturated carbocycles. The van der Waals surface area contributed by atoms with Crippen molar-refractivity contribution in [2.24, 2.45) is 0 Å². The number of aromatic nitrogens is 3. The van der Waals surface area contributed by atoms with Crippen molar-refractivity contribution in [3.63, 3.8) is 0 Å². The topological polar surface area (TPSA) is 88.2 Å². The van der Waals surface area contributed by atoms with E-state index in [1.54, 1.807) is 6.20 Å². The number of hydrogen-bond acceptors (Lipinski definition) is 6. The number of hydrogen-bond donors (Lipinski definition) is 1. The predicted molar refractivity (Wildman–Crippen MR) is 63.9 cm³/mol. The van der Waals surface area contributed by atoms with E-state index in [1.165, 1.54) is 28.2 Å². The number of H-pyrrole nitrogens is 1. The molecule has 1 N–H and O–H groups in total. The van der Waals surface area contributed by atoms with Crippen molar-refractivity contribution in [3.8, 4) is 5.19 Å². The zero-order valence-corrected chi connectivity index (χ0v) is 10.8. The molecular formula is C9H10N4O3S2. The van der Waals surface area contributed by atoms with E-state index in [0.717, 1.165) is 0 Å². The zero-order chi connectivity index (χ0) is 12.6. The molecule has 0 spiro atoms. The SMILES string of the molecule is O=S(=O)(c1cnc[nH]1)N1CC(Oc2nccs2)C1. The molecule has 3 heterocycles. The number of rotatable bonds is 4. The van der Waals surface area contributed by atoms with Gasteiger partial charge in [-0.2, -0.15) is 4.31 Å². The van der Waals surface area contributed by atoms with Gasteiger partial charge in [-0.15, -0.1) is 0 Å². The van der Waals surface area contributed by atoms with E-state index in [-0.39, 0.29) is 11.1 Å². The smallest absolute Gasteiger partial charge is 0.273 e. The van der Waals surface area contributed by atoms with Gasteiger partial charge >= 0.3 is 0 Å². The third-order valence-electron chi connectivity index (χ3n) is 2.58. The Kier molecular flexibility index (Phi) is 2.80. The fourth-order valence-electron chi connectivity index (χ4n) is 1.61. The van der Waals surface area contributed by atoms with Crippen molar-refractivity contribution in [1.29, 1.82) is 0 Å². The van der Waals surface area contributed by atoms with Crippen LogP contribution >= 0.6 is 11.3 Å². The maximum atomic E-state index is 12.0. The summed E-state index contributed by atoms with van der Waals surface area (Å²) in [6.45, 7) is 0.669. The first-order valence-electron chi connectivity index (χ1n) is 5.21. The molecular weight excluding hydrogens is 276 g/mol. The summed E-state index contributed by atoms with van der Waals surface area (Å²) < 4.78 is 30.9. The molecule has 0 aliphatic carbocycles. The second-order valence-electron chi connectivity index (χ2n) is 3.78. The van der Waals surface area contributed by atoms with Gasteiger partial charge in [0.15, 0.2) is 5.03 Å². The molecule has 9 heteroatoms. The fourth-order valence-corrected chi connectivity index (χ4v) is 3.56. The van der Waals surface area contributed by atoms with Crippen molar-refractivity contribution < 1.29 is 13.2 Å². The first-order valence-corrected chi connectivity index (χ1v) is 7.53. The summed E-state index contributed by atoms with van der Waals surface area (Å²) in [5.41, 5.74) is 0. The van der Waals surface area contributed by atoms with Crippen LogP contribution in [0.25, 0.3) is 0 Å². The molecule has 18 heavy (non-hydrogen) atoms. The highest BCUT2D eigenvalue weighted by Gasteiger charge is 2.39. The molecule has 0 aromatic carbocycles. The zero-order valence-electron chi connectivity index (χ0n) is 9.18. The molecule has 0 unspecified atom stereocenters. The Hall–Kier alpha value is -1.45. The molecule has 1 aliphatic heterocycles. The predicted octanol–water partition coefficient (Wildman–Crippen LogP) is 0.318. The fraction of sp³-hybridized carbons (Fsp3) is 0.333. The van der Waals surface area contributed by atoms with Crippen LogP contribution in [0.1, 0.15) is 0 Å². The second kappa shape index (κ2) is 4.34. The van der Waals surface area contributed by atoms with Crippen LogP contribution in [0, 0.1) is 0 Å². The molecule has 1 fully saturated rings. The Morgan fingerprint density at radius 2 is 2.33 bits per heavy atom. The van der Waals surface area contributed by atoms with Gasteiger partial charge in [-0.25, -0.2) is 18.4 Å². The second-order valence-corrected chi connectivity index (χ2v) is 6.54. The summed E-state index contributed by atoms with van der Waals surface area (Å²) in [5, 5.41) is 2.49. The van der Waals surface area contributed by atoms with Gasteiger partial charge in [-0.1, -0.05) is 11.3 Å². The van der Waals surface area contributed by atoms with E-state index < -0.39 is 10.0 Å². The van der Waals surface area contributed by atoms with E-state index in [1.807, 2.05) is 5.38 Å². The lowest BCUT2D eigenvalue weighted by molar-refractivity contribution is 0.0758. The molecule has 3 rings (SSSR count). The van der Waals surface area contributed by atoms with Gasteiger partial charge in [0.1, 0.15) is 6.10 Å². The summed E-state index contributed by atoms with van der Waals surface area (Å²) in [6, 6.07) is 0. The molecule has 1 aliphatic rings. The van der Waals surface area contributed by atoms with Crippen LogP contribution in [-0.4, -0.2) is 46.9 Å². The molecule has 0 atom stereocenters. The Bertz CT molecular complexity index is 602. The molecule has 0 amide bonds. The van der Waals surface area contributed by atoms with Crippen LogP contribution in [0.4, 0.5) is 0 Å². The monoisotopic (exact) mass is 286 g/mol. The molecule has 7 nitrogen and oxygen atoms in total. The molecule has 1 saturated heterocycles. The summed E-state index contributed by atoms with van der Waals surface area (Å²) in [6.07, 6.45) is 4.16. The minimum atomic E-state index is -3.45. The maximum Gasteiger partial charge on any atom is 0.273 e. The Labute approximate surface area is 108 Å². The van der Waals surface area contributed by atoms with Crippen LogP contribution in [0.3, 0.4) is 0 Å². The quantitative estimate of drug-likeness (QED) is 0.874. The highest BCUT2D eigenvalue weighted by Crippen LogP contribution is 2.24. The summed E-state index contributed by atoms with van der Waals surface area (Å²) in [4.78, 5) is 10.3. The number of imidazole rings is 1. The molecule has 96 valence electrons. The number of sulfonamides is 1. The van der Waals surface area contributed by atoms with E-state index in [2.05, 4.69) is 15.0 Å². The van der Waals surface area contributed by atoms with Gasteiger partial charge in [0.2, 0.25) is 0 Å². The highest BCUT2D eigenvalue weighted by molar-refractivity contribution is 7.89. The lowest BCUT2D eigenvalue weighted by Gasteiger charge is -2.36. The van der Waals surface area contributed by atoms with Crippen molar-refractivity contribution in [1.82, 2.24) is 19.3 Å². The minimum absolute atomic E-state index is 0.107. The lowest BCUT2D eigenvalue weighted by Crippen LogP contribution is -2.56.